The van der Waals surface area contributed by atoms with Gasteiger partial charge in [-0.05, 0) is 31.8 Å². The molecule has 0 aliphatic heterocycles. The lowest BCUT2D eigenvalue weighted by Gasteiger charge is -2.34. The molecule has 110 valence electrons. The highest BCUT2D eigenvalue weighted by atomic mass is 35.5. The second-order valence-electron chi connectivity index (χ2n) is 5.46. The van der Waals surface area contributed by atoms with Crippen LogP contribution in [0.15, 0.2) is 6.08 Å². The summed E-state index contributed by atoms with van der Waals surface area (Å²) in [6, 6.07) is 0. The minimum atomic E-state index is -0.184. The summed E-state index contributed by atoms with van der Waals surface area (Å²) in [4.78, 5) is 13.7. The van der Waals surface area contributed by atoms with Crippen LogP contribution in [-0.4, -0.2) is 45.4 Å². The fourth-order valence-corrected chi connectivity index (χ4v) is 2.68. The second-order valence-corrected chi connectivity index (χ2v) is 5.81. The Kier molecular flexibility index (Phi) is 4.50. The van der Waals surface area contributed by atoms with E-state index >= 15 is 0 Å². The van der Waals surface area contributed by atoms with Gasteiger partial charge in [0, 0.05) is 32.3 Å². The van der Waals surface area contributed by atoms with Gasteiger partial charge in [-0.1, -0.05) is 11.6 Å². The summed E-state index contributed by atoms with van der Waals surface area (Å²) >= 11 is 6.11. The van der Waals surface area contributed by atoms with Gasteiger partial charge < -0.3 is 10.0 Å². The van der Waals surface area contributed by atoms with Crippen LogP contribution in [0.1, 0.15) is 24.1 Å². The molecule has 1 aliphatic rings. The lowest BCUT2D eigenvalue weighted by molar-refractivity contribution is -0.126. The average molecular weight is 298 g/mol. The smallest absolute Gasteiger partial charge is 0.246 e. The minimum absolute atomic E-state index is 0.0642. The lowest BCUT2D eigenvalue weighted by atomic mass is 9.82. The summed E-state index contributed by atoms with van der Waals surface area (Å²) in [5.41, 5.74) is 1.57. The Bertz CT molecular complexity index is 533. The molecule has 1 aromatic rings. The zero-order valence-corrected chi connectivity index (χ0v) is 12.8. The first-order valence-electron chi connectivity index (χ1n) is 6.68. The molecule has 0 unspecified atom stereocenters. The number of halogens is 1. The number of likely N-dealkylation sites (N-methyl/N-ethyl adjacent to an activating group) is 1. The Labute approximate surface area is 123 Å². The Morgan fingerprint density at radius 2 is 2.25 bits per heavy atom. The van der Waals surface area contributed by atoms with Crippen molar-refractivity contribution in [2.45, 2.75) is 25.9 Å². The molecule has 6 heteroatoms. The van der Waals surface area contributed by atoms with Gasteiger partial charge >= 0.3 is 0 Å². The molecule has 1 heterocycles. The molecule has 0 atom stereocenters. The SMILES string of the molecule is Cc1nn(C)c(Cl)c1C=CC(=O)N(C)CC1CC(O)C1. The van der Waals surface area contributed by atoms with Gasteiger partial charge in [-0.3, -0.25) is 9.48 Å². The van der Waals surface area contributed by atoms with Crippen LogP contribution < -0.4 is 0 Å². The number of amides is 1. The average Bonchev–Trinajstić information content (AvgIpc) is 2.59. The van der Waals surface area contributed by atoms with Crippen LogP contribution in [0.3, 0.4) is 0 Å². The number of rotatable bonds is 4. The van der Waals surface area contributed by atoms with Gasteiger partial charge in [-0.15, -0.1) is 0 Å². The van der Waals surface area contributed by atoms with Gasteiger partial charge in [0.1, 0.15) is 5.15 Å². The Hall–Kier alpha value is -1.33. The van der Waals surface area contributed by atoms with Crippen molar-refractivity contribution in [1.29, 1.82) is 0 Å². The molecular formula is C14H20ClN3O2. The maximum atomic E-state index is 12.0. The number of aliphatic hydroxyl groups excluding tert-OH is 1. The van der Waals surface area contributed by atoms with E-state index in [1.807, 2.05) is 6.92 Å². The Morgan fingerprint density at radius 3 is 2.75 bits per heavy atom. The third kappa shape index (κ3) is 3.22. The summed E-state index contributed by atoms with van der Waals surface area (Å²) in [6.07, 6.45) is 4.62. The van der Waals surface area contributed by atoms with Crippen LogP contribution in [0.4, 0.5) is 0 Å². The highest BCUT2D eigenvalue weighted by Gasteiger charge is 2.28. The molecule has 2 rings (SSSR count). The molecule has 1 fully saturated rings. The van der Waals surface area contributed by atoms with Crippen molar-refractivity contribution in [3.63, 3.8) is 0 Å². The third-order valence-corrected chi connectivity index (χ3v) is 4.16. The van der Waals surface area contributed by atoms with Crippen molar-refractivity contribution < 1.29 is 9.90 Å². The monoisotopic (exact) mass is 297 g/mol. The standard InChI is InChI=1S/C14H20ClN3O2/c1-9-12(14(15)18(3)16-9)4-5-13(20)17(2)8-10-6-11(19)7-10/h4-5,10-11,19H,6-8H2,1-3H3. The topological polar surface area (TPSA) is 58.4 Å². The molecule has 20 heavy (non-hydrogen) atoms. The van der Waals surface area contributed by atoms with Crippen LogP contribution in [0.2, 0.25) is 5.15 Å². The van der Waals surface area contributed by atoms with Crippen molar-refractivity contribution in [3.8, 4) is 0 Å². The zero-order chi connectivity index (χ0) is 14.9. The molecule has 1 N–H and O–H groups in total. The maximum Gasteiger partial charge on any atom is 0.246 e. The number of hydrogen-bond acceptors (Lipinski definition) is 3. The summed E-state index contributed by atoms with van der Waals surface area (Å²) < 4.78 is 1.58. The van der Waals surface area contributed by atoms with E-state index in [0.717, 1.165) is 24.1 Å². The first-order chi connectivity index (χ1) is 9.38. The first kappa shape index (κ1) is 15.1. The predicted molar refractivity (Wildman–Crippen MR) is 78.4 cm³/mol. The maximum absolute atomic E-state index is 12.0. The van der Waals surface area contributed by atoms with Crippen molar-refractivity contribution in [2.24, 2.45) is 13.0 Å². The molecule has 1 aliphatic carbocycles. The van der Waals surface area contributed by atoms with Crippen molar-refractivity contribution in [1.82, 2.24) is 14.7 Å². The largest absolute Gasteiger partial charge is 0.393 e. The number of aryl methyl sites for hydroxylation is 2. The molecule has 0 spiro atoms. The number of carbonyl (C=O) groups excluding carboxylic acids is 1. The van der Waals surface area contributed by atoms with Gasteiger partial charge in [-0.25, -0.2) is 0 Å². The van der Waals surface area contributed by atoms with Crippen LogP contribution in [0.5, 0.6) is 0 Å². The fourth-order valence-electron chi connectivity index (χ4n) is 2.44. The molecule has 0 radical (unpaired) electrons. The number of nitrogens with zero attached hydrogens (tertiary/aromatic N) is 3. The normalized spacial score (nSPS) is 22.1. The van der Waals surface area contributed by atoms with Crippen molar-refractivity contribution in [3.05, 3.63) is 22.5 Å². The molecule has 5 nitrogen and oxygen atoms in total. The van der Waals surface area contributed by atoms with E-state index in [9.17, 15) is 9.90 Å². The summed E-state index contributed by atoms with van der Waals surface area (Å²) in [7, 11) is 3.54. The zero-order valence-electron chi connectivity index (χ0n) is 12.0. The quantitative estimate of drug-likeness (QED) is 0.859. The first-order valence-corrected chi connectivity index (χ1v) is 7.06. The van der Waals surface area contributed by atoms with Crippen LogP contribution in [-0.2, 0) is 11.8 Å². The van der Waals surface area contributed by atoms with Crippen molar-refractivity contribution >= 4 is 23.6 Å². The lowest BCUT2D eigenvalue weighted by Crippen LogP contribution is -2.38. The van der Waals surface area contributed by atoms with E-state index in [1.165, 1.54) is 6.08 Å². The molecule has 1 aromatic heterocycles. The number of hydrogen-bond donors (Lipinski definition) is 1. The predicted octanol–water partition coefficient (Wildman–Crippen LogP) is 1.62. The summed E-state index contributed by atoms with van der Waals surface area (Å²) in [6.45, 7) is 2.54. The molecule has 0 bridgehead atoms. The number of aliphatic hydroxyl groups is 1. The summed E-state index contributed by atoms with van der Waals surface area (Å²) in [5.74, 6) is 0.349. The second kappa shape index (κ2) is 5.97. The van der Waals surface area contributed by atoms with E-state index < -0.39 is 0 Å². The highest BCUT2D eigenvalue weighted by Crippen LogP contribution is 2.27. The molecule has 1 amide bonds. The highest BCUT2D eigenvalue weighted by molar-refractivity contribution is 6.31. The van der Waals surface area contributed by atoms with E-state index in [2.05, 4.69) is 5.10 Å². The van der Waals surface area contributed by atoms with Gasteiger partial charge in [0.25, 0.3) is 0 Å². The van der Waals surface area contributed by atoms with Crippen LogP contribution >= 0.6 is 11.6 Å². The Balaban J connectivity index is 1.94. The van der Waals surface area contributed by atoms with E-state index in [-0.39, 0.29) is 12.0 Å². The third-order valence-electron chi connectivity index (χ3n) is 3.71. The van der Waals surface area contributed by atoms with Gasteiger partial charge in [-0.2, -0.15) is 5.10 Å². The minimum Gasteiger partial charge on any atom is -0.393 e. The Morgan fingerprint density at radius 1 is 1.60 bits per heavy atom. The molecular weight excluding hydrogens is 278 g/mol. The van der Waals surface area contributed by atoms with E-state index in [4.69, 9.17) is 11.6 Å². The summed E-state index contributed by atoms with van der Waals surface area (Å²) in [5, 5.41) is 14.0. The van der Waals surface area contributed by atoms with Gasteiger partial charge in [0.15, 0.2) is 0 Å². The molecule has 0 saturated heterocycles. The van der Waals surface area contributed by atoms with Crippen LogP contribution in [0, 0.1) is 12.8 Å². The van der Waals surface area contributed by atoms with Crippen LogP contribution in [0.25, 0.3) is 6.08 Å². The van der Waals surface area contributed by atoms with E-state index in [1.54, 1.807) is 29.8 Å². The molecule has 1 saturated carbocycles. The van der Waals surface area contributed by atoms with Gasteiger partial charge in [0.05, 0.1) is 11.8 Å². The van der Waals surface area contributed by atoms with Crippen molar-refractivity contribution in [2.75, 3.05) is 13.6 Å². The molecule has 0 aromatic carbocycles. The number of carbonyl (C=O) groups is 1. The van der Waals surface area contributed by atoms with Gasteiger partial charge in [0.2, 0.25) is 5.91 Å². The fraction of sp³-hybridized carbons (Fsp3) is 0.571. The van der Waals surface area contributed by atoms with E-state index in [0.29, 0.717) is 17.6 Å². The number of aromatic nitrogens is 2.